The molecule has 0 aliphatic rings. The van der Waals surface area contributed by atoms with Gasteiger partial charge in [-0.15, -0.1) is 0 Å². The Labute approximate surface area is 139 Å². The molecule has 1 heterocycles. The maximum absolute atomic E-state index is 12.4. The van der Waals surface area contributed by atoms with E-state index in [-0.39, 0.29) is 6.03 Å². The Morgan fingerprint density at radius 3 is 2.48 bits per heavy atom. The highest BCUT2D eigenvalue weighted by atomic mass is 16.2. The molecule has 0 saturated carbocycles. The topological polar surface area (TPSA) is 28.5 Å². The Hall–Kier alpha value is -2.23. The van der Waals surface area contributed by atoms with Crippen LogP contribution in [0.4, 0.5) is 4.79 Å². The van der Waals surface area contributed by atoms with Gasteiger partial charge in [0.05, 0.1) is 6.54 Å². The lowest BCUT2D eigenvalue weighted by atomic mass is 10.2. The van der Waals surface area contributed by atoms with Crippen molar-refractivity contribution in [1.29, 1.82) is 0 Å². The van der Waals surface area contributed by atoms with Crippen LogP contribution in [-0.4, -0.2) is 41.0 Å². The molecular formula is C19H27N3O. The minimum absolute atomic E-state index is 0.0749. The average molecular weight is 313 g/mol. The van der Waals surface area contributed by atoms with Crippen molar-refractivity contribution in [2.24, 2.45) is 0 Å². The quantitative estimate of drug-likeness (QED) is 0.764. The molecule has 0 N–H and O–H groups in total. The standard InChI is InChI=1S/C19H27N3O/c1-4-5-13-22(19(23)20(2)3)16-18-12-9-14-21(18)15-17-10-7-6-8-11-17/h6-12,14H,4-5,13,15-16H2,1-3H3. The molecule has 0 unspecified atom stereocenters. The van der Waals surface area contributed by atoms with Crippen molar-refractivity contribution in [2.75, 3.05) is 20.6 Å². The molecule has 4 nitrogen and oxygen atoms in total. The van der Waals surface area contributed by atoms with Crippen molar-refractivity contribution in [3.63, 3.8) is 0 Å². The Morgan fingerprint density at radius 1 is 1.09 bits per heavy atom. The summed E-state index contributed by atoms with van der Waals surface area (Å²) in [5, 5.41) is 0. The second-order valence-electron chi connectivity index (χ2n) is 6.07. The molecule has 1 aromatic heterocycles. The molecule has 2 rings (SSSR count). The van der Waals surface area contributed by atoms with Gasteiger partial charge in [-0.3, -0.25) is 0 Å². The average Bonchev–Trinajstić information content (AvgIpc) is 2.98. The van der Waals surface area contributed by atoms with E-state index in [1.54, 1.807) is 4.90 Å². The number of carbonyl (C=O) groups is 1. The number of rotatable bonds is 7. The SMILES string of the molecule is CCCCN(Cc1cccn1Cc1ccccc1)C(=O)N(C)C. The Morgan fingerprint density at radius 2 is 1.83 bits per heavy atom. The highest BCUT2D eigenvalue weighted by molar-refractivity contribution is 5.73. The van der Waals surface area contributed by atoms with Crippen molar-refractivity contribution >= 4 is 6.03 Å². The summed E-state index contributed by atoms with van der Waals surface area (Å²) in [5.41, 5.74) is 2.43. The number of hydrogen-bond acceptors (Lipinski definition) is 1. The molecule has 0 fully saturated rings. The van der Waals surface area contributed by atoms with Gasteiger partial charge in [0, 0.05) is 39.1 Å². The normalized spacial score (nSPS) is 10.6. The molecule has 2 amide bonds. The third-order valence-electron chi connectivity index (χ3n) is 3.91. The number of aromatic nitrogens is 1. The van der Waals surface area contributed by atoms with Crippen molar-refractivity contribution in [2.45, 2.75) is 32.9 Å². The van der Waals surface area contributed by atoms with Gasteiger partial charge in [0.15, 0.2) is 0 Å². The summed E-state index contributed by atoms with van der Waals surface area (Å²) >= 11 is 0. The lowest BCUT2D eigenvalue weighted by Gasteiger charge is -2.26. The highest BCUT2D eigenvalue weighted by Crippen LogP contribution is 2.12. The molecule has 0 spiro atoms. The maximum Gasteiger partial charge on any atom is 0.319 e. The zero-order valence-corrected chi connectivity index (χ0v) is 14.4. The van der Waals surface area contributed by atoms with Crippen LogP contribution in [0.3, 0.4) is 0 Å². The molecular weight excluding hydrogens is 286 g/mol. The Balaban J connectivity index is 2.11. The summed E-state index contributed by atoms with van der Waals surface area (Å²) in [5.74, 6) is 0. The maximum atomic E-state index is 12.4. The predicted molar refractivity (Wildman–Crippen MR) is 94.4 cm³/mol. The summed E-state index contributed by atoms with van der Waals surface area (Å²) in [6.07, 6.45) is 4.20. The van der Waals surface area contributed by atoms with Crippen LogP contribution in [-0.2, 0) is 13.1 Å². The van der Waals surface area contributed by atoms with Crippen molar-refractivity contribution in [3.05, 3.63) is 59.9 Å². The van der Waals surface area contributed by atoms with Crippen molar-refractivity contribution in [1.82, 2.24) is 14.4 Å². The molecule has 0 bridgehead atoms. The van der Waals surface area contributed by atoms with Crippen LogP contribution >= 0.6 is 0 Å². The largest absolute Gasteiger partial charge is 0.345 e. The second-order valence-corrected chi connectivity index (χ2v) is 6.07. The Kier molecular flexibility index (Phi) is 6.27. The molecule has 0 atom stereocenters. The number of amides is 2. The van der Waals surface area contributed by atoms with Gasteiger partial charge in [0.1, 0.15) is 0 Å². The minimum atomic E-state index is 0.0749. The molecule has 23 heavy (non-hydrogen) atoms. The van der Waals surface area contributed by atoms with E-state index in [2.05, 4.69) is 54.1 Å². The van der Waals surface area contributed by atoms with Crippen LogP contribution in [0, 0.1) is 0 Å². The van der Waals surface area contributed by atoms with E-state index in [4.69, 9.17) is 0 Å². The third kappa shape index (κ3) is 4.88. The molecule has 0 aliphatic heterocycles. The molecule has 0 aliphatic carbocycles. The van der Waals surface area contributed by atoms with E-state index in [1.807, 2.05) is 25.1 Å². The van der Waals surface area contributed by atoms with E-state index in [9.17, 15) is 4.79 Å². The smallest absolute Gasteiger partial charge is 0.319 e. The summed E-state index contributed by atoms with van der Waals surface area (Å²) in [7, 11) is 3.62. The van der Waals surface area contributed by atoms with Crippen LogP contribution in [0.5, 0.6) is 0 Å². The number of urea groups is 1. The van der Waals surface area contributed by atoms with E-state index in [0.717, 1.165) is 25.9 Å². The van der Waals surface area contributed by atoms with Crippen LogP contribution in [0.2, 0.25) is 0 Å². The zero-order chi connectivity index (χ0) is 16.7. The second kappa shape index (κ2) is 8.42. The van der Waals surface area contributed by atoms with E-state index >= 15 is 0 Å². The summed E-state index contributed by atoms with van der Waals surface area (Å²) < 4.78 is 2.22. The van der Waals surface area contributed by atoms with Crippen molar-refractivity contribution < 1.29 is 4.79 Å². The van der Waals surface area contributed by atoms with Gasteiger partial charge < -0.3 is 14.4 Å². The predicted octanol–water partition coefficient (Wildman–Crippen LogP) is 3.82. The number of unbranched alkanes of at least 4 members (excludes halogenated alkanes) is 1. The van der Waals surface area contributed by atoms with Gasteiger partial charge in [-0.1, -0.05) is 43.7 Å². The molecule has 1 aromatic carbocycles. The number of carbonyl (C=O) groups excluding carboxylic acids is 1. The first kappa shape index (κ1) is 17.1. The van der Waals surface area contributed by atoms with E-state index in [0.29, 0.717) is 6.54 Å². The summed E-state index contributed by atoms with van der Waals surface area (Å²) in [6, 6.07) is 14.6. The number of hydrogen-bond donors (Lipinski definition) is 0. The first-order chi connectivity index (χ1) is 11.1. The molecule has 124 valence electrons. The molecule has 0 saturated heterocycles. The highest BCUT2D eigenvalue weighted by Gasteiger charge is 2.16. The van der Waals surface area contributed by atoms with Gasteiger partial charge in [0.2, 0.25) is 0 Å². The third-order valence-corrected chi connectivity index (χ3v) is 3.91. The summed E-state index contributed by atoms with van der Waals surface area (Å²) in [4.78, 5) is 16.0. The fraction of sp³-hybridized carbons (Fsp3) is 0.421. The van der Waals surface area contributed by atoms with Crippen LogP contribution in [0.1, 0.15) is 31.0 Å². The first-order valence-electron chi connectivity index (χ1n) is 8.26. The first-order valence-corrected chi connectivity index (χ1v) is 8.26. The van der Waals surface area contributed by atoms with Crippen molar-refractivity contribution in [3.8, 4) is 0 Å². The Bertz CT molecular complexity index is 604. The zero-order valence-electron chi connectivity index (χ0n) is 14.4. The van der Waals surface area contributed by atoms with Gasteiger partial charge in [-0.2, -0.15) is 0 Å². The molecule has 0 radical (unpaired) electrons. The van der Waals surface area contributed by atoms with Gasteiger partial charge in [-0.25, -0.2) is 4.79 Å². The fourth-order valence-corrected chi connectivity index (χ4v) is 2.60. The van der Waals surface area contributed by atoms with E-state index < -0.39 is 0 Å². The summed E-state index contributed by atoms with van der Waals surface area (Å²) in [6.45, 7) is 4.43. The van der Waals surface area contributed by atoms with E-state index in [1.165, 1.54) is 11.3 Å². The monoisotopic (exact) mass is 313 g/mol. The van der Waals surface area contributed by atoms with Gasteiger partial charge in [-0.05, 0) is 24.1 Å². The lowest BCUT2D eigenvalue weighted by molar-refractivity contribution is 0.166. The molecule has 4 heteroatoms. The number of benzene rings is 1. The van der Waals surface area contributed by atoms with Gasteiger partial charge in [0.25, 0.3) is 0 Å². The van der Waals surface area contributed by atoms with Crippen LogP contribution in [0.25, 0.3) is 0 Å². The van der Waals surface area contributed by atoms with Crippen LogP contribution in [0.15, 0.2) is 48.7 Å². The molecule has 2 aromatic rings. The van der Waals surface area contributed by atoms with Gasteiger partial charge >= 0.3 is 6.03 Å². The number of nitrogens with zero attached hydrogens (tertiary/aromatic N) is 3. The minimum Gasteiger partial charge on any atom is -0.345 e. The van der Waals surface area contributed by atoms with Crippen LogP contribution < -0.4 is 0 Å². The fourth-order valence-electron chi connectivity index (χ4n) is 2.60. The lowest BCUT2D eigenvalue weighted by Crippen LogP contribution is -2.39.